The van der Waals surface area contributed by atoms with Crippen LogP contribution in [0, 0.1) is 16.7 Å². The number of aliphatic hydroxyl groups is 1. The van der Waals surface area contributed by atoms with Gasteiger partial charge in [0.15, 0.2) is 12.0 Å². The van der Waals surface area contributed by atoms with Crippen LogP contribution < -0.4 is 5.32 Å². The Kier molecular flexibility index (Phi) is 3.62. The van der Waals surface area contributed by atoms with Gasteiger partial charge in [0.2, 0.25) is 5.91 Å². The molecule has 8 nitrogen and oxygen atoms in total. The smallest absolute Gasteiger partial charge is 0.326 e. The Balaban J connectivity index is 1.70. The number of rotatable bonds is 2. The molecule has 4 fully saturated rings. The average Bonchev–Trinajstić information content (AvgIpc) is 2.99. The number of hydrogen-bond acceptors (Lipinski definition) is 6. The highest BCUT2D eigenvalue weighted by Gasteiger charge is 2.72. The van der Waals surface area contributed by atoms with Crippen LogP contribution in [0.5, 0.6) is 0 Å². The van der Waals surface area contributed by atoms with E-state index < -0.39 is 36.4 Å². The fraction of sp³-hybridized carbons (Fsp3) is 0.889. The molecule has 3 aliphatic heterocycles. The molecule has 3 heterocycles. The number of carbonyl (C=O) groups is 2. The first-order valence-electron chi connectivity index (χ1n) is 9.17. The van der Waals surface area contributed by atoms with Crippen LogP contribution in [0.15, 0.2) is 0 Å². The van der Waals surface area contributed by atoms with Gasteiger partial charge in [-0.15, -0.1) is 0 Å². The third kappa shape index (κ3) is 2.10. The normalized spacial score (nSPS) is 45.0. The quantitative estimate of drug-likeness (QED) is 0.749. The molecule has 0 bridgehead atoms. The van der Waals surface area contributed by atoms with E-state index in [0.29, 0.717) is 0 Å². The predicted octanol–water partition coefficient (Wildman–Crippen LogP) is 0.826. The van der Waals surface area contributed by atoms with Gasteiger partial charge in [-0.25, -0.2) is 4.79 Å². The van der Waals surface area contributed by atoms with E-state index in [2.05, 4.69) is 33.0 Å². The molecule has 0 aromatic heterocycles. The van der Waals surface area contributed by atoms with Gasteiger partial charge in [0, 0.05) is 0 Å². The molecule has 1 aliphatic carbocycles. The highest BCUT2D eigenvalue weighted by molar-refractivity contribution is 6.00. The Morgan fingerprint density at radius 1 is 1.04 bits per heavy atom. The van der Waals surface area contributed by atoms with E-state index in [9.17, 15) is 14.7 Å². The zero-order valence-corrected chi connectivity index (χ0v) is 16.1. The summed E-state index contributed by atoms with van der Waals surface area (Å²) in [4.78, 5) is 26.9. The van der Waals surface area contributed by atoms with Gasteiger partial charge >= 0.3 is 6.03 Å². The molecule has 0 spiro atoms. The van der Waals surface area contributed by atoms with E-state index in [0.717, 1.165) is 0 Å². The van der Waals surface area contributed by atoms with Crippen LogP contribution in [0.4, 0.5) is 4.79 Å². The molecule has 8 heteroatoms. The number of carbonyl (C=O) groups excluding carboxylic acids is 2. The number of amides is 3. The lowest BCUT2D eigenvalue weighted by Crippen LogP contribution is -2.80. The number of aliphatic hydroxyl groups excluding tert-OH is 1. The molecule has 3 saturated heterocycles. The van der Waals surface area contributed by atoms with Crippen molar-refractivity contribution in [3.8, 4) is 0 Å². The largest absolute Gasteiger partial charge is 0.394 e. The molecule has 3 amide bonds. The number of hydrogen-bond donors (Lipinski definition) is 2. The fourth-order valence-electron chi connectivity index (χ4n) is 5.15. The van der Waals surface area contributed by atoms with Gasteiger partial charge in [0.1, 0.15) is 18.3 Å². The molecule has 26 heavy (non-hydrogen) atoms. The van der Waals surface area contributed by atoms with Crippen LogP contribution in [0.25, 0.3) is 0 Å². The van der Waals surface area contributed by atoms with E-state index in [1.54, 1.807) is 18.7 Å². The van der Waals surface area contributed by atoms with Gasteiger partial charge in [-0.1, -0.05) is 27.7 Å². The number of nitrogens with zero attached hydrogens (tertiary/aromatic N) is 1. The molecule has 4 rings (SSSR count). The van der Waals surface area contributed by atoms with E-state index >= 15 is 0 Å². The summed E-state index contributed by atoms with van der Waals surface area (Å²) in [5.74, 6) is -1.38. The monoisotopic (exact) mass is 368 g/mol. The van der Waals surface area contributed by atoms with E-state index in [1.807, 2.05) is 0 Å². The zero-order valence-electron chi connectivity index (χ0n) is 16.1. The first-order valence-corrected chi connectivity index (χ1v) is 9.17. The van der Waals surface area contributed by atoms with Crippen molar-refractivity contribution in [3.63, 3.8) is 0 Å². The Bertz CT molecular complexity index is 660. The first kappa shape index (κ1) is 18.2. The highest BCUT2D eigenvalue weighted by atomic mass is 16.8. The Hall–Kier alpha value is -1.22. The standard InChI is InChI=1S/C18H28N2O6/c1-16(2)9-12(17(16,3)4)20(15(23)19-13(9)22)14-11-10(8(7-21)24-14)25-18(5,6)26-11/h8-12,14,21H,7H2,1-6H3,(H,19,22,23)/t8-,9+,10-,11-,12+,14-/m1/s1. The van der Waals surface area contributed by atoms with Crippen molar-refractivity contribution in [3.05, 3.63) is 0 Å². The van der Waals surface area contributed by atoms with Gasteiger partial charge < -0.3 is 19.3 Å². The Morgan fingerprint density at radius 2 is 1.65 bits per heavy atom. The lowest BCUT2D eigenvalue weighted by molar-refractivity contribution is -0.242. The summed E-state index contributed by atoms with van der Waals surface area (Å²) in [5, 5.41) is 12.2. The van der Waals surface area contributed by atoms with Crippen LogP contribution in [-0.2, 0) is 19.0 Å². The molecule has 146 valence electrons. The second-order valence-corrected chi connectivity index (χ2v) is 9.38. The Morgan fingerprint density at radius 3 is 2.27 bits per heavy atom. The molecule has 4 aliphatic rings. The minimum atomic E-state index is -0.819. The van der Waals surface area contributed by atoms with Crippen molar-refractivity contribution in [1.29, 1.82) is 0 Å². The fourth-order valence-corrected chi connectivity index (χ4v) is 5.15. The first-order chi connectivity index (χ1) is 11.9. The summed E-state index contributed by atoms with van der Waals surface area (Å²) >= 11 is 0. The molecular weight excluding hydrogens is 340 g/mol. The lowest BCUT2D eigenvalue weighted by Gasteiger charge is -2.68. The van der Waals surface area contributed by atoms with Gasteiger partial charge in [-0.3, -0.25) is 15.0 Å². The average molecular weight is 368 g/mol. The van der Waals surface area contributed by atoms with E-state index in [-0.39, 0.29) is 35.3 Å². The summed E-state index contributed by atoms with van der Waals surface area (Å²) in [6.45, 7) is 11.6. The molecule has 0 aromatic rings. The van der Waals surface area contributed by atoms with Crippen LogP contribution >= 0.6 is 0 Å². The number of nitrogens with one attached hydrogen (secondary N) is 1. The zero-order chi connectivity index (χ0) is 19.2. The van der Waals surface area contributed by atoms with Crippen molar-refractivity contribution in [1.82, 2.24) is 10.2 Å². The summed E-state index contributed by atoms with van der Waals surface area (Å²) in [7, 11) is 0. The van der Waals surface area contributed by atoms with Gasteiger partial charge in [-0.2, -0.15) is 0 Å². The highest BCUT2D eigenvalue weighted by Crippen LogP contribution is 2.63. The van der Waals surface area contributed by atoms with E-state index in [4.69, 9.17) is 14.2 Å². The van der Waals surface area contributed by atoms with Crippen LogP contribution in [0.3, 0.4) is 0 Å². The molecule has 1 saturated carbocycles. The Labute approximate surface area is 153 Å². The van der Waals surface area contributed by atoms with Crippen molar-refractivity contribution in [2.45, 2.75) is 77.9 Å². The third-order valence-electron chi connectivity index (χ3n) is 7.12. The maximum atomic E-state index is 12.8. The molecular formula is C18H28N2O6. The summed E-state index contributed by atoms with van der Waals surface area (Å²) in [5.41, 5.74) is -0.544. The minimum Gasteiger partial charge on any atom is -0.394 e. The predicted molar refractivity (Wildman–Crippen MR) is 89.8 cm³/mol. The van der Waals surface area contributed by atoms with Gasteiger partial charge in [0.05, 0.1) is 18.6 Å². The van der Waals surface area contributed by atoms with Gasteiger partial charge in [0.25, 0.3) is 0 Å². The number of imide groups is 1. The summed E-state index contributed by atoms with van der Waals surface area (Å²) < 4.78 is 17.9. The lowest BCUT2D eigenvalue weighted by atomic mass is 9.42. The number of fused-ring (bicyclic) bond motifs is 2. The third-order valence-corrected chi connectivity index (χ3v) is 7.12. The van der Waals surface area contributed by atoms with Crippen molar-refractivity contribution >= 4 is 11.9 Å². The van der Waals surface area contributed by atoms with Crippen LogP contribution in [0.2, 0.25) is 0 Å². The van der Waals surface area contributed by atoms with Gasteiger partial charge in [-0.05, 0) is 24.7 Å². The topological polar surface area (TPSA) is 97.3 Å². The minimum absolute atomic E-state index is 0.228. The number of ether oxygens (including phenoxy) is 3. The molecule has 0 unspecified atom stereocenters. The summed E-state index contributed by atoms with van der Waals surface area (Å²) in [6.07, 6.45) is -2.26. The maximum absolute atomic E-state index is 12.8. The molecule has 0 radical (unpaired) electrons. The van der Waals surface area contributed by atoms with Crippen LogP contribution in [-0.4, -0.2) is 64.9 Å². The number of urea groups is 1. The second-order valence-electron chi connectivity index (χ2n) is 9.38. The van der Waals surface area contributed by atoms with Crippen molar-refractivity contribution < 1.29 is 28.9 Å². The van der Waals surface area contributed by atoms with Crippen molar-refractivity contribution in [2.75, 3.05) is 6.61 Å². The van der Waals surface area contributed by atoms with Crippen molar-refractivity contribution in [2.24, 2.45) is 16.7 Å². The second kappa shape index (κ2) is 5.19. The SMILES string of the molecule is CC1(C)O[C@@H]2[C@H](O1)[C@@H](CO)O[C@H]2N1C(=O)NC(=O)[C@@H]2[C@H]1C(C)(C)C2(C)C. The molecule has 0 aromatic carbocycles. The molecule has 2 N–H and O–H groups in total. The van der Waals surface area contributed by atoms with E-state index in [1.165, 1.54) is 0 Å². The van der Waals surface area contributed by atoms with Crippen LogP contribution in [0.1, 0.15) is 41.5 Å². The summed E-state index contributed by atoms with van der Waals surface area (Å²) in [6, 6.07) is -0.773. The maximum Gasteiger partial charge on any atom is 0.326 e. The molecule has 6 atom stereocenters.